The summed E-state index contributed by atoms with van der Waals surface area (Å²) >= 11 is 0. The van der Waals surface area contributed by atoms with Crippen LogP contribution in [-0.2, 0) is 9.53 Å². The van der Waals surface area contributed by atoms with E-state index in [1.165, 1.54) is 11.1 Å². The lowest BCUT2D eigenvalue weighted by Gasteiger charge is -2.02. The van der Waals surface area contributed by atoms with Gasteiger partial charge in [0.15, 0.2) is 0 Å². The SMILES string of the molecule is C=C(C)CCC=C(C)CCC(=O)OCC. The number of esters is 1. The van der Waals surface area contributed by atoms with E-state index in [1.807, 2.05) is 13.8 Å². The second-order valence-corrected chi connectivity index (χ2v) is 3.85. The zero-order valence-corrected chi connectivity index (χ0v) is 10.1. The quantitative estimate of drug-likeness (QED) is 0.474. The highest BCUT2D eigenvalue weighted by Crippen LogP contribution is 2.09. The van der Waals surface area contributed by atoms with E-state index < -0.39 is 0 Å². The largest absolute Gasteiger partial charge is 0.466 e. The minimum absolute atomic E-state index is 0.106. The Morgan fingerprint density at radius 3 is 2.47 bits per heavy atom. The van der Waals surface area contributed by atoms with Crippen LogP contribution in [-0.4, -0.2) is 12.6 Å². The highest BCUT2D eigenvalue weighted by Gasteiger charge is 2.01. The van der Waals surface area contributed by atoms with E-state index in [0.717, 1.165) is 19.3 Å². The van der Waals surface area contributed by atoms with E-state index in [1.54, 1.807) is 0 Å². The molecule has 0 heterocycles. The first-order chi connectivity index (χ1) is 7.06. The van der Waals surface area contributed by atoms with Crippen molar-refractivity contribution in [3.05, 3.63) is 23.8 Å². The summed E-state index contributed by atoms with van der Waals surface area (Å²) in [4.78, 5) is 11.1. The smallest absolute Gasteiger partial charge is 0.306 e. The number of carbonyl (C=O) groups excluding carboxylic acids is 1. The number of hydrogen-bond acceptors (Lipinski definition) is 2. The lowest BCUT2D eigenvalue weighted by atomic mass is 10.1. The Labute approximate surface area is 93.0 Å². The topological polar surface area (TPSA) is 26.3 Å². The molecule has 0 N–H and O–H groups in total. The van der Waals surface area contributed by atoms with Crippen molar-refractivity contribution in [1.29, 1.82) is 0 Å². The summed E-state index contributed by atoms with van der Waals surface area (Å²) in [5, 5.41) is 0. The van der Waals surface area contributed by atoms with Gasteiger partial charge in [0, 0.05) is 6.42 Å². The number of ether oxygens (including phenoxy) is 1. The van der Waals surface area contributed by atoms with Crippen LogP contribution in [0.2, 0.25) is 0 Å². The molecule has 0 saturated heterocycles. The van der Waals surface area contributed by atoms with Gasteiger partial charge in [-0.25, -0.2) is 0 Å². The molecular weight excluding hydrogens is 188 g/mol. The first kappa shape index (κ1) is 13.9. The zero-order valence-electron chi connectivity index (χ0n) is 10.1. The van der Waals surface area contributed by atoms with Crippen LogP contribution in [0, 0.1) is 0 Å². The molecular formula is C13H22O2. The highest BCUT2D eigenvalue weighted by atomic mass is 16.5. The molecule has 2 heteroatoms. The molecule has 0 amide bonds. The van der Waals surface area contributed by atoms with Crippen molar-refractivity contribution in [3.8, 4) is 0 Å². The fraction of sp³-hybridized carbons (Fsp3) is 0.615. The third-order valence-corrected chi connectivity index (χ3v) is 2.09. The van der Waals surface area contributed by atoms with Crippen molar-refractivity contribution >= 4 is 5.97 Å². The van der Waals surface area contributed by atoms with Crippen LogP contribution >= 0.6 is 0 Å². The third kappa shape index (κ3) is 9.26. The van der Waals surface area contributed by atoms with Crippen molar-refractivity contribution < 1.29 is 9.53 Å². The molecule has 86 valence electrons. The zero-order chi connectivity index (χ0) is 11.7. The average Bonchev–Trinajstić information content (AvgIpc) is 2.14. The van der Waals surface area contributed by atoms with Gasteiger partial charge < -0.3 is 4.74 Å². The normalized spacial score (nSPS) is 11.3. The molecule has 0 aliphatic carbocycles. The van der Waals surface area contributed by atoms with E-state index in [-0.39, 0.29) is 5.97 Å². The van der Waals surface area contributed by atoms with Crippen LogP contribution in [0.15, 0.2) is 23.8 Å². The molecule has 0 aliphatic rings. The lowest BCUT2D eigenvalue weighted by molar-refractivity contribution is -0.143. The van der Waals surface area contributed by atoms with Crippen LogP contribution in [0.4, 0.5) is 0 Å². The fourth-order valence-electron chi connectivity index (χ4n) is 1.20. The molecule has 2 nitrogen and oxygen atoms in total. The summed E-state index contributed by atoms with van der Waals surface area (Å²) in [7, 11) is 0. The molecule has 15 heavy (non-hydrogen) atoms. The number of rotatable bonds is 7. The molecule has 0 radical (unpaired) electrons. The second-order valence-electron chi connectivity index (χ2n) is 3.85. The maximum atomic E-state index is 11.1. The Kier molecular flexibility index (Phi) is 7.69. The number of hydrogen-bond donors (Lipinski definition) is 0. The van der Waals surface area contributed by atoms with Gasteiger partial charge in [-0.2, -0.15) is 0 Å². The standard InChI is InChI=1S/C13H22O2/c1-5-15-13(14)10-9-12(4)8-6-7-11(2)3/h8H,2,5-7,9-10H2,1,3-4H3. The maximum absolute atomic E-state index is 11.1. The highest BCUT2D eigenvalue weighted by molar-refractivity contribution is 5.69. The molecule has 0 bridgehead atoms. The molecule has 0 aliphatic heterocycles. The first-order valence-electron chi connectivity index (χ1n) is 5.52. The Hall–Kier alpha value is -1.05. The minimum Gasteiger partial charge on any atom is -0.466 e. The second kappa shape index (κ2) is 8.27. The van der Waals surface area contributed by atoms with E-state index in [2.05, 4.69) is 19.6 Å². The predicted octanol–water partition coefficient (Wildman–Crippen LogP) is 3.63. The molecule has 0 unspecified atom stereocenters. The van der Waals surface area contributed by atoms with Crippen LogP contribution < -0.4 is 0 Å². The molecule has 0 aromatic rings. The Morgan fingerprint density at radius 2 is 1.93 bits per heavy atom. The monoisotopic (exact) mass is 210 g/mol. The van der Waals surface area contributed by atoms with E-state index in [9.17, 15) is 4.79 Å². The van der Waals surface area contributed by atoms with Crippen LogP contribution in [0.3, 0.4) is 0 Å². The predicted molar refractivity (Wildman–Crippen MR) is 63.7 cm³/mol. The maximum Gasteiger partial charge on any atom is 0.306 e. The van der Waals surface area contributed by atoms with Gasteiger partial charge in [-0.05, 0) is 40.0 Å². The van der Waals surface area contributed by atoms with Crippen molar-refractivity contribution in [2.24, 2.45) is 0 Å². The Morgan fingerprint density at radius 1 is 1.27 bits per heavy atom. The molecule has 0 spiro atoms. The molecule has 0 fully saturated rings. The van der Waals surface area contributed by atoms with Crippen LogP contribution in [0.1, 0.15) is 46.5 Å². The van der Waals surface area contributed by atoms with Gasteiger partial charge in [-0.1, -0.05) is 17.2 Å². The van der Waals surface area contributed by atoms with Gasteiger partial charge in [0.2, 0.25) is 0 Å². The number of allylic oxidation sites excluding steroid dienone is 3. The molecule has 0 saturated carbocycles. The van der Waals surface area contributed by atoms with Gasteiger partial charge in [0.25, 0.3) is 0 Å². The Balaban J connectivity index is 3.67. The lowest BCUT2D eigenvalue weighted by Crippen LogP contribution is -2.03. The third-order valence-electron chi connectivity index (χ3n) is 2.09. The molecule has 0 rings (SSSR count). The van der Waals surface area contributed by atoms with Gasteiger partial charge in [-0.15, -0.1) is 6.58 Å². The molecule has 0 aromatic carbocycles. The Bertz CT molecular complexity index is 239. The van der Waals surface area contributed by atoms with Gasteiger partial charge in [0.1, 0.15) is 0 Å². The van der Waals surface area contributed by atoms with Crippen molar-refractivity contribution in [1.82, 2.24) is 0 Å². The summed E-state index contributed by atoms with van der Waals surface area (Å²) in [6.07, 6.45) is 5.51. The summed E-state index contributed by atoms with van der Waals surface area (Å²) in [6, 6.07) is 0. The summed E-state index contributed by atoms with van der Waals surface area (Å²) in [5.74, 6) is -0.106. The first-order valence-corrected chi connectivity index (χ1v) is 5.52. The van der Waals surface area contributed by atoms with E-state index in [4.69, 9.17) is 4.74 Å². The fourth-order valence-corrected chi connectivity index (χ4v) is 1.20. The van der Waals surface area contributed by atoms with E-state index >= 15 is 0 Å². The molecule has 0 atom stereocenters. The minimum atomic E-state index is -0.106. The van der Waals surface area contributed by atoms with Gasteiger partial charge in [0.05, 0.1) is 6.61 Å². The van der Waals surface area contributed by atoms with Crippen molar-refractivity contribution in [3.63, 3.8) is 0 Å². The average molecular weight is 210 g/mol. The summed E-state index contributed by atoms with van der Waals surface area (Å²) in [6.45, 7) is 10.2. The summed E-state index contributed by atoms with van der Waals surface area (Å²) < 4.78 is 4.85. The van der Waals surface area contributed by atoms with Gasteiger partial charge >= 0.3 is 5.97 Å². The van der Waals surface area contributed by atoms with Crippen LogP contribution in [0.5, 0.6) is 0 Å². The summed E-state index contributed by atoms with van der Waals surface area (Å²) in [5.41, 5.74) is 2.45. The van der Waals surface area contributed by atoms with E-state index in [0.29, 0.717) is 13.0 Å². The van der Waals surface area contributed by atoms with Crippen molar-refractivity contribution in [2.75, 3.05) is 6.61 Å². The molecule has 0 aromatic heterocycles. The number of carbonyl (C=O) groups is 1. The van der Waals surface area contributed by atoms with Crippen molar-refractivity contribution in [2.45, 2.75) is 46.5 Å². The van der Waals surface area contributed by atoms with Crippen LogP contribution in [0.25, 0.3) is 0 Å². The van der Waals surface area contributed by atoms with Gasteiger partial charge in [-0.3, -0.25) is 4.79 Å².